The summed E-state index contributed by atoms with van der Waals surface area (Å²) < 4.78 is 5.60. The maximum absolute atomic E-state index is 8.81. The first-order valence-corrected chi connectivity index (χ1v) is 7.39. The van der Waals surface area contributed by atoms with Crippen LogP contribution in [0.3, 0.4) is 0 Å². The van der Waals surface area contributed by atoms with E-state index in [1.807, 2.05) is 12.3 Å². The number of aliphatic hydroxyl groups excluding tert-OH is 1. The highest BCUT2D eigenvalue weighted by Crippen LogP contribution is 2.32. The minimum atomic E-state index is 0.0892. The molecule has 1 saturated heterocycles. The highest BCUT2D eigenvalue weighted by molar-refractivity contribution is 5.98. The summed E-state index contributed by atoms with van der Waals surface area (Å²) in [6.07, 6.45) is 5.79. The zero-order valence-corrected chi connectivity index (χ0v) is 12.0. The molecule has 1 aliphatic rings. The van der Waals surface area contributed by atoms with E-state index in [1.165, 1.54) is 0 Å². The molecule has 21 heavy (non-hydrogen) atoms. The van der Waals surface area contributed by atoms with Crippen molar-refractivity contribution in [1.82, 2.24) is 4.98 Å². The second-order valence-corrected chi connectivity index (χ2v) is 5.38. The molecule has 0 spiro atoms. The standard InChI is InChI=1S/C16H21N3O2/c17-16-14-3-6-18-11-12(14)1-2-15(16)19-7-4-13(5-8-19)21-10-9-20/h1-3,6,11,13,20H,4-5,7-10,17H2. The molecule has 3 rings (SSSR count). The fraction of sp³-hybridized carbons (Fsp3) is 0.438. The number of benzene rings is 1. The molecule has 1 aliphatic heterocycles. The van der Waals surface area contributed by atoms with Gasteiger partial charge in [-0.25, -0.2) is 0 Å². The van der Waals surface area contributed by atoms with Gasteiger partial charge in [-0.15, -0.1) is 0 Å². The second kappa shape index (κ2) is 6.28. The monoisotopic (exact) mass is 287 g/mol. The van der Waals surface area contributed by atoms with Gasteiger partial charge in [0.2, 0.25) is 0 Å². The van der Waals surface area contributed by atoms with E-state index in [0.717, 1.165) is 48.1 Å². The smallest absolute Gasteiger partial charge is 0.0701 e. The average molecular weight is 287 g/mol. The van der Waals surface area contributed by atoms with Crippen molar-refractivity contribution in [1.29, 1.82) is 0 Å². The summed E-state index contributed by atoms with van der Waals surface area (Å²) in [7, 11) is 0. The number of aromatic nitrogens is 1. The Morgan fingerprint density at radius 3 is 2.86 bits per heavy atom. The molecular formula is C16H21N3O2. The number of anilines is 2. The number of nitrogens with zero attached hydrogens (tertiary/aromatic N) is 2. The van der Waals surface area contributed by atoms with Crippen LogP contribution in [0.2, 0.25) is 0 Å². The van der Waals surface area contributed by atoms with Gasteiger partial charge in [0.05, 0.1) is 30.7 Å². The maximum Gasteiger partial charge on any atom is 0.0701 e. The van der Waals surface area contributed by atoms with E-state index >= 15 is 0 Å². The van der Waals surface area contributed by atoms with Crippen molar-refractivity contribution >= 4 is 22.1 Å². The Bertz CT molecular complexity index is 609. The number of rotatable bonds is 4. The van der Waals surface area contributed by atoms with E-state index in [9.17, 15) is 0 Å². The molecule has 5 heteroatoms. The van der Waals surface area contributed by atoms with Crippen molar-refractivity contribution in [2.24, 2.45) is 0 Å². The predicted octanol–water partition coefficient (Wildman–Crippen LogP) is 1.79. The third-order valence-electron chi connectivity index (χ3n) is 4.07. The number of nitrogens with two attached hydrogens (primary N) is 1. The quantitative estimate of drug-likeness (QED) is 0.839. The first-order chi connectivity index (χ1) is 10.3. The van der Waals surface area contributed by atoms with Crippen LogP contribution in [0.1, 0.15) is 12.8 Å². The van der Waals surface area contributed by atoms with Crippen LogP contribution in [-0.2, 0) is 4.74 Å². The lowest BCUT2D eigenvalue weighted by atomic mass is 10.0. The molecule has 0 saturated carbocycles. The fourth-order valence-corrected chi connectivity index (χ4v) is 2.94. The van der Waals surface area contributed by atoms with Gasteiger partial charge in [-0.1, -0.05) is 6.07 Å². The summed E-state index contributed by atoms with van der Waals surface area (Å²) in [4.78, 5) is 6.44. The number of nitrogen functional groups attached to an aromatic ring is 1. The minimum Gasteiger partial charge on any atom is -0.397 e. The van der Waals surface area contributed by atoms with E-state index in [-0.39, 0.29) is 12.7 Å². The number of pyridine rings is 1. The summed E-state index contributed by atoms with van der Waals surface area (Å²) in [5.74, 6) is 0. The van der Waals surface area contributed by atoms with Gasteiger partial charge in [0.25, 0.3) is 0 Å². The lowest BCUT2D eigenvalue weighted by molar-refractivity contribution is 0.0159. The highest BCUT2D eigenvalue weighted by Gasteiger charge is 2.21. The molecule has 0 amide bonds. The van der Waals surface area contributed by atoms with Crippen LogP contribution in [0, 0.1) is 0 Å². The Morgan fingerprint density at radius 1 is 1.29 bits per heavy atom. The molecule has 0 radical (unpaired) electrons. The SMILES string of the molecule is Nc1c(N2CCC(OCCO)CC2)ccc2cnccc12. The van der Waals surface area contributed by atoms with Crippen LogP contribution in [0.4, 0.5) is 11.4 Å². The van der Waals surface area contributed by atoms with Gasteiger partial charge in [0.15, 0.2) is 0 Å². The molecule has 0 bridgehead atoms. The van der Waals surface area contributed by atoms with E-state index in [4.69, 9.17) is 15.6 Å². The molecule has 1 fully saturated rings. The summed E-state index contributed by atoms with van der Waals surface area (Å²) in [6, 6.07) is 6.11. The highest BCUT2D eigenvalue weighted by atomic mass is 16.5. The molecule has 5 nitrogen and oxygen atoms in total. The van der Waals surface area contributed by atoms with E-state index in [2.05, 4.69) is 22.0 Å². The Morgan fingerprint density at radius 2 is 2.10 bits per heavy atom. The molecular weight excluding hydrogens is 266 g/mol. The Hall–Kier alpha value is -1.85. The van der Waals surface area contributed by atoms with Crippen LogP contribution >= 0.6 is 0 Å². The molecule has 3 N–H and O–H groups in total. The Labute approximate surface area is 124 Å². The van der Waals surface area contributed by atoms with Gasteiger partial charge in [-0.05, 0) is 25.0 Å². The molecule has 2 heterocycles. The van der Waals surface area contributed by atoms with E-state index < -0.39 is 0 Å². The summed E-state index contributed by atoms with van der Waals surface area (Å²) in [5.41, 5.74) is 8.25. The number of aliphatic hydroxyl groups is 1. The molecule has 112 valence electrons. The zero-order valence-electron chi connectivity index (χ0n) is 12.0. The van der Waals surface area contributed by atoms with Gasteiger partial charge in [0, 0.05) is 36.3 Å². The van der Waals surface area contributed by atoms with Crippen molar-refractivity contribution in [3.8, 4) is 0 Å². The van der Waals surface area contributed by atoms with Gasteiger partial charge in [-0.3, -0.25) is 4.98 Å². The van der Waals surface area contributed by atoms with Crippen LogP contribution in [-0.4, -0.2) is 42.5 Å². The topological polar surface area (TPSA) is 71.6 Å². The molecule has 0 aliphatic carbocycles. The summed E-state index contributed by atoms with van der Waals surface area (Å²) in [5, 5.41) is 10.9. The zero-order chi connectivity index (χ0) is 14.7. The van der Waals surface area contributed by atoms with E-state index in [0.29, 0.717) is 6.61 Å². The third kappa shape index (κ3) is 2.94. The third-order valence-corrected chi connectivity index (χ3v) is 4.07. The number of piperidine rings is 1. The normalized spacial score (nSPS) is 16.5. The number of hydrogen-bond acceptors (Lipinski definition) is 5. The van der Waals surface area contributed by atoms with Gasteiger partial charge >= 0.3 is 0 Å². The predicted molar refractivity (Wildman–Crippen MR) is 84.4 cm³/mol. The minimum absolute atomic E-state index is 0.0892. The van der Waals surface area contributed by atoms with Crippen LogP contribution < -0.4 is 10.6 Å². The van der Waals surface area contributed by atoms with Crippen molar-refractivity contribution < 1.29 is 9.84 Å². The lowest BCUT2D eigenvalue weighted by Gasteiger charge is -2.34. The molecule has 0 atom stereocenters. The number of hydrogen-bond donors (Lipinski definition) is 2. The molecule has 2 aromatic rings. The van der Waals surface area contributed by atoms with Gasteiger partial charge < -0.3 is 20.5 Å². The first kappa shape index (κ1) is 14.1. The summed E-state index contributed by atoms with van der Waals surface area (Å²) in [6.45, 7) is 2.37. The van der Waals surface area contributed by atoms with Gasteiger partial charge in [0.1, 0.15) is 0 Å². The molecule has 1 aromatic heterocycles. The Kier molecular flexibility index (Phi) is 4.22. The van der Waals surface area contributed by atoms with Gasteiger partial charge in [-0.2, -0.15) is 0 Å². The Balaban J connectivity index is 1.75. The number of ether oxygens (including phenoxy) is 1. The lowest BCUT2D eigenvalue weighted by Crippen LogP contribution is -2.37. The molecule has 1 aromatic carbocycles. The van der Waals surface area contributed by atoms with Crippen LogP contribution in [0.25, 0.3) is 10.8 Å². The van der Waals surface area contributed by atoms with Crippen LogP contribution in [0.15, 0.2) is 30.6 Å². The van der Waals surface area contributed by atoms with Crippen molar-refractivity contribution in [3.63, 3.8) is 0 Å². The second-order valence-electron chi connectivity index (χ2n) is 5.38. The van der Waals surface area contributed by atoms with Crippen molar-refractivity contribution in [2.45, 2.75) is 18.9 Å². The summed E-state index contributed by atoms with van der Waals surface area (Å²) >= 11 is 0. The molecule has 0 unspecified atom stereocenters. The van der Waals surface area contributed by atoms with Crippen molar-refractivity contribution in [2.75, 3.05) is 36.9 Å². The first-order valence-electron chi connectivity index (χ1n) is 7.39. The largest absolute Gasteiger partial charge is 0.397 e. The van der Waals surface area contributed by atoms with Crippen molar-refractivity contribution in [3.05, 3.63) is 30.6 Å². The fourth-order valence-electron chi connectivity index (χ4n) is 2.94. The number of fused-ring (bicyclic) bond motifs is 1. The van der Waals surface area contributed by atoms with Crippen LogP contribution in [0.5, 0.6) is 0 Å². The average Bonchev–Trinajstić information content (AvgIpc) is 2.54. The van der Waals surface area contributed by atoms with E-state index in [1.54, 1.807) is 6.20 Å². The maximum atomic E-state index is 8.81.